The van der Waals surface area contributed by atoms with Crippen LogP contribution in [0.15, 0.2) is 113 Å². The Hall–Kier alpha value is -3.86. The molecule has 0 saturated heterocycles. The minimum Gasteiger partial charge on any atom is -0.322 e. The Kier molecular flexibility index (Phi) is 7.30. The van der Waals surface area contributed by atoms with E-state index < -0.39 is 26.0 Å². The molecule has 0 aromatic heterocycles. The monoisotopic (exact) mass is 541 g/mol. The second kappa shape index (κ2) is 10.4. The third-order valence-corrected chi connectivity index (χ3v) is 8.08. The molecule has 4 rings (SSSR count). The molecule has 0 bridgehead atoms. The number of para-hydroxylation sites is 1. The van der Waals surface area contributed by atoms with Gasteiger partial charge in [-0.15, -0.1) is 0 Å². The fourth-order valence-electron chi connectivity index (χ4n) is 3.21. The minimum absolute atomic E-state index is 0.0160. The fraction of sp³-hybridized carbons (Fsp3) is 0. The quantitative estimate of drug-likeness (QED) is 0.283. The molecule has 0 unspecified atom stereocenters. The Morgan fingerprint density at radius 2 is 1.22 bits per heavy atom. The van der Waals surface area contributed by atoms with Gasteiger partial charge in [0.1, 0.15) is 0 Å². The predicted octanol–water partition coefficient (Wildman–Crippen LogP) is 5.19. The number of carbonyl (C=O) groups excluding carboxylic acids is 1. The van der Waals surface area contributed by atoms with E-state index >= 15 is 0 Å². The SMILES string of the molecule is O=C(Nc1ccc(S(=O)(=O)Nc2ccccc2Cl)cc1)c1cccc(NS(=O)(=O)c2ccccc2)c1. The average molecular weight is 542 g/mol. The number of amides is 1. The van der Waals surface area contributed by atoms with Gasteiger partial charge in [-0.25, -0.2) is 16.8 Å². The second-order valence-electron chi connectivity index (χ2n) is 7.56. The van der Waals surface area contributed by atoms with Crippen LogP contribution in [-0.4, -0.2) is 22.7 Å². The number of carbonyl (C=O) groups is 1. The fourth-order valence-corrected chi connectivity index (χ4v) is 5.60. The maximum Gasteiger partial charge on any atom is 0.261 e. The first-order chi connectivity index (χ1) is 17.1. The molecule has 0 aliphatic rings. The maximum absolute atomic E-state index is 12.7. The molecule has 0 heterocycles. The molecule has 0 atom stereocenters. The summed E-state index contributed by atoms with van der Waals surface area (Å²) in [6, 6.07) is 25.9. The lowest BCUT2D eigenvalue weighted by atomic mass is 10.2. The van der Waals surface area contributed by atoms with E-state index in [1.54, 1.807) is 48.5 Å². The van der Waals surface area contributed by atoms with Crippen molar-refractivity contribution in [3.05, 3.63) is 114 Å². The van der Waals surface area contributed by atoms with Crippen LogP contribution >= 0.6 is 11.6 Å². The molecular formula is C25H20ClN3O5S2. The molecule has 36 heavy (non-hydrogen) atoms. The van der Waals surface area contributed by atoms with Crippen molar-refractivity contribution < 1.29 is 21.6 Å². The summed E-state index contributed by atoms with van der Waals surface area (Å²) in [4.78, 5) is 12.8. The molecule has 0 fully saturated rings. The number of sulfonamides is 2. The van der Waals surface area contributed by atoms with Crippen LogP contribution in [0.25, 0.3) is 0 Å². The highest BCUT2D eigenvalue weighted by atomic mass is 35.5. The third kappa shape index (κ3) is 6.03. The van der Waals surface area contributed by atoms with Crippen molar-refractivity contribution in [2.24, 2.45) is 0 Å². The van der Waals surface area contributed by atoms with Gasteiger partial charge in [0, 0.05) is 16.9 Å². The number of halogens is 1. The summed E-state index contributed by atoms with van der Waals surface area (Å²) in [5, 5.41) is 2.93. The number of rotatable bonds is 8. The molecule has 0 spiro atoms. The number of hydrogen-bond acceptors (Lipinski definition) is 5. The van der Waals surface area contributed by atoms with Gasteiger partial charge >= 0.3 is 0 Å². The standard InChI is InChI=1S/C25H20ClN3O5S2/c26-23-11-4-5-12-24(23)29-36(33,34)22-15-13-19(14-16-22)27-25(30)18-7-6-8-20(17-18)28-35(31,32)21-9-2-1-3-10-21/h1-17,28-29H,(H,27,30). The van der Waals surface area contributed by atoms with Crippen LogP contribution in [-0.2, 0) is 20.0 Å². The molecule has 0 saturated carbocycles. The van der Waals surface area contributed by atoms with Gasteiger partial charge in [0.25, 0.3) is 26.0 Å². The summed E-state index contributed by atoms with van der Waals surface area (Å²) < 4.78 is 55.3. The molecule has 4 aromatic carbocycles. The summed E-state index contributed by atoms with van der Waals surface area (Å²) in [6.07, 6.45) is 0. The molecule has 0 radical (unpaired) electrons. The van der Waals surface area contributed by atoms with Gasteiger partial charge in [0.15, 0.2) is 0 Å². The topological polar surface area (TPSA) is 121 Å². The average Bonchev–Trinajstić information content (AvgIpc) is 2.86. The van der Waals surface area contributed by atoms with Gasteiger partial charge in [-0.3, -0.25) is 14.2 Å². The molecule has 0 aliphatic heterocycles. The van der Waals surface area contributed by atoms with Crippen molar-refractivity contribution in [1.82, 2.24) is 0 Å². The first kappa shape index (κ1) is 25.2. The van der Waals surface area contributed by atoms with Crippen LogP contribution in [0.4, 0.5) is 17.1 Å². The van der Waals surface area contributed by atoms with E-state index in [1.807, 2.05) is 0 Å². The van der Waals surface area contributed by atoms with Crippen molar-refractivity contribution in [3.63, 3.8) is 0 Å². The summed E-state index contributed by atoms with van der Waals surface area (Å²) in [5.74, 6) is -0.499. The Labute approximate surface area is 214 Å². The largest absolute Gasteiger partial charge is 0.322 e. The van der Waals surface area contributed by atoms with E-state index in [4.69, 9.17) is 11.6 Å². The zero-order valence-electron chi connectivity index (χ0n) is 18.6. The molecule has 184 valence electrons. The predicted molar refractivity (Wildman–Crippen MR) is 140 cm³/mol. The van der Waals surface area contributed by atoms with Gasteiger partial charge in [0.05, 0.1) is 20.5 Å². The normalized spacial score (nSPS) is 11.5. The van der Waals surface area contributed by atoms with Crippen molar-refractivity contribution in [1.29, 1.82) is 0 Å². The summed E-state index contributed by atoms with van der Waals surface area (Å²) in [7, 11) is -7.70. The van der Waals surface area contributed by atoms with E-state index in [-0.39, 0.29) is 31.8 Å². The minimum atomic E-state index is -3.89. The van der Waals surface area contributed by atoms with Crippen molar-refractivity contribution >= 4 is 54.6 Å². The second-order valence-corrected chi connectivity index (χ2v) is 11.3. The van der Waals surface area contributed by atoms with Gasteiger partial charge in [-0.1, -0.05) is 48.0 Å². The molecule has 1 amide bonds. The molecule has 11 heteroatoms. The van der Waals surface area contributed by atoms with E-state index in [0.717, 1.165) is 0 Å². The van der Waals surface area contributed by atoms with Crippen molar-refractivity contribution in [2.45, 2.75) is 9.79 Å². The summed E-state index contributed by atoms with van der Waals surface area (Å²) in [6.45, 7) is 0. The lowest BCUT2D eigenvalue weighted by molar-refractivity contribution is 0.102. The van der Waals surface area contributed by atoms with Gasteiger partial charge in [-0.05, 0) is 66.7 Å². The van der Waals surface area contributed by atoms with Crippen LogP contribution in [0, 0.1) is 0 Å². The Morgan fingerprint density at radius 3 is 1.92 bits per heavy atom. The van der Waals surface area contributed by atoms with Crippen molar-refractivity contribution in [3.8, 4) is 0 Å². The lowest BCUT2D eigenvalue weighted by Gasteiger charge is -2.11. The highest BCUT2D eigenvalue weighted by Gasteiger charge is 2.17. The number of anilines is 3. The van der Waals surface area contributed by atoms with Crippen LogP contribution in [0.1, 0.15) is 10.4 Å². The van der Waals surface area contributed by atoms with Crippen LogP contribution < -0.4 is 14.8 Å². The van der Waals surface area contributed by atoms with Crippen LogP contribution in [0.5, 0.6) is 0 Å². The van der Waals surface area contributed by atoms with E-state index in [9.17, 15) is 21.6 Å². The van der Waals surface area contributed by atoms with E-state index in [1.165, 1.54) is 54.6 Å². The van der Waals surface area contributed by atoms with Crippen LogP contribution in [0.2, 0.25) is 5.02 Å². The number of benzene rings is 4. The molecular weight excluding hydrogens is 522 g/mol. The maximum atomic E-state index is 12.7. The first-order valence-electron chi connectivity index (χ1n) is 10.5. The third-order valence-electron chi connectivity index (χ3n) is 4.97. The summed E-state index contributed by atoms with van der Waals surface area (Å²) >= 11 is 6.02. The van der Waals surface area contributed by atoms with Crippen LogP contribution in [0.3, 0.4) is 0 Å². The summed E-state index contributed by atoms with van der Waals surface area (Å²) in [5.41, 5.74) is 1.03. The van der Waals surface area contributed by atoms with Gasteiger partial charge in [0.2, 0.25) is 0 Å². The molecule has 8 nitrogen and oxygen atoms in total. The Balaban J connectivity index is 1.45. The highest BCUT2D eigenvalue weighted by molar-refractivity contribution is 7.93. The smallest absolute Gasteiger partial charge is 0.261 e. The lowest BCUT2D eigenvalue weighted by Crippen LogP contribution is -2.15. The van der Waals surface area contributed by atoms with Crippen molar-refractivity contribution in [2.75, 3.05) is 14.8 Å². The Bertz CT molecular complexity index is 1610. The molecule has 4 aromatic rings. The van der Waals surface area contributed by atoms with Gasteiger partial charge in [-0.2, -0.15) is 0 Å². The molecule has 0 aliphatic carbocycles. The van der Waals surface area contributed by atoms with Gasteiger partial charge < -0.3 is 5.32 Å². The Morgan fingerprint density at radius 1 is 0.611 bits per heavy atom. The number of nitrogens with one attached hydrogen (secondary N) is 3. The highest BCUT2D eigenvalue weighted by Crippen LogP contribution is 2.25. The zero-order valence-corrected chi connectivity index (χ0v) is 20.9. The molecule has 3 N–H and O–H groups in total. The van der Waals surface area contributed by atoms with E-state index in [0.29, 0.717) is 5.69 Å². The van der Waals surface area contributed by atoms with E-state index in [2.05, 4.69) is 14.8 Å². The first-order valence-corrected chi connectivity index (χ1v) is 13.9. The number of hydrogen-bond donors (Lipinski definition) is 3. The zero-order chi connectivity index (χ0) is 25.8.